The molecule has 0 aromatic carbocycles. The average molecular weight is 277 g/mol. The van der Waals surface area contributed by atoms with Crippen LogP contribution in [-0.4, -0.2) is 19.7 Å². The summed E-state index contributed by atoms with van der Waals surface area (Å²) >= 11 is 1.47. The highest BCUT2D eigenvalue weighted by Crippen LogP contribution is 2.32. The van der Waals surface area contributed by atoms with Crippen LogP contribution in [0.15, 0.2) is 16.2 Å². The molecule has 0 radical (unpaired) electrons. The molecule has 5 nitrogen and oxygen atoms in total. The Balaban J connectivity index is 2.32. The first-order chi connectivity index (χ1) is 9.01. The van der Waals surface area contributed by atoms with Crippen LogP contribution in [0.5, 0.6) is 0 Å². The number of hydrogen-bond acceptors (Lipinski definition) is 5. The highest BCUT2D eigenvalue weighted by molar-refractivity contribution is 7.99. The van der Waals surface area contributed by atoms with Gasteiger partial charge in [0.15, 0.2) is 5.16 Å². The van der Waals surface area contributed by atoms with E-state index in [1.54, 1.807) is 0 Å². The summed E-state index contributed by atoms with van der Waals surface area (Å²) in [4.78, 5) is 8.84. The molecule has 6 heteroatoms. The first-order valence-corrected chi connectivity index (χ1v) is 7.14. The lowest BCUT2D eigenvalue weighted by Crippen LogP contribution is -1.97. The van der Waals surface area contributed by atoms with Crippen LogP contribution in [0.25, 0.3) is 0 Å². The van der Waals surface area contributed by atoms with Gasteiger partial charge in [0.05, 0.1) is 11.4 Å². The normalized spacial score (nSPS) is 10.9. The number of aromatic nitrogens is 4. The van der Waals surface area contributed by atoms with Gasteiger partial charge in [-0.05, 0) is 38.1 Å². The van der Waals surface area contributed by atoms with E-state index < -0.39 is 0 Å². The van der Waals surface area contributed by atoms with Crippen molar-refractivity contribution in [3.8, 4) is 0 Å². The van der Waals surface area contributed by atoms with E-state index >= 15 is 0 Å². The molecule has 0 amide bonds. The van der Waals surface area contributed by atoms with Crippen molar-refractivity contribution in [2.24, 2.45) is 7.05 Å². The van der Waals surface area contributed by atoms with Gasteiger partial charge in [0.1, 0.15) is 5.03 Å². The predicted molar refractivity (Wildman–Crippen MR) is 77.2 cm³/mol. The highest BCUT2D eigenvalue weighted by Gasteiger charge is 2.15. The summed E-state index contributed by atoms with van der Waals surface area (Å²) in [7, 11) is 1.90. The molecule has 2 N–H and O–H groups in total. The third-order valence-corrected chi connectivity index (χ3v) is 3.79. The molecule has 2 rings (SSSR count). The van der Waals surface area contributed by atoms with Crippen LogP contribution in [0.3, 0.4) is 0 Å². The standard InChI is InChI=1S/C13H19N5S/c1-5-6-10-11(14)12(18(4)17-10)19-13-15-8(2)7-9(3)16-13/h7H,5-6,14H2,1-4H3. The molecule has 0 aliphatic heterocycles. The fraction of sp³-hybridized carbons (Fsp3) is 0.462. The molecule has 0 atom stereocenters. The topological polar surface area (TPSA) is 69.6 Å². The van der Waals surface area contributed by atoms with Crippen molar-refractivity contribution in [2.75, 3.05) is 5.73 Å². The smallest absolute Gasteiger partial charge is 0.194 e. The van der Waals surface area contributed by atoms with Crippen LogP contribution in [0, 0.1) is 13.8 Å². The van der Waals surface area contributed by atoms with Gasteiger partial charge < -0.3 is 5.73 Å². The summed E-state index contributed by atoms with van der Waals surface area (Å²) in [5.41, 5.74) is 9.78. The van der Waals surface area contributed by atoms with Crippen LogP contribution < -0.4 is 5.73 Å². The zero-order valence-electron chi connectivity index (χ0n) is 11.8. The SMILES string of the molecule is CCCc1nn(C)c(Sc2nc(C)cc(C)n2)c1N. The molecule has 0 saturated heterocycles. The maximum atomic E-state index is 6.15. The number of anilines is 1. The van der Waals surface area contributed by atoms with Gasteiger partial charge in [-0.25, -0.2) is 9.97 Å². The van der Waals surface area contributed by atoms with Gasteiger partial charge in [-0.2, -0.15) is 5.10 Å². The van der Waals surface area contributed by atoms with Crippen LogP contribution in [0.1, 0.15) is 30.4 Å². The molecule has 2 aromatic heterocycles. The Morgan fingerprint density at radius 2 is 1.89 bits per heavy atom. The third kappa shape index (κ3) is 3.07. The highest BCUT2D eigenvalue weighted by atomic mass is 32.2. The zero-order valence-corrected chi connectivity index (χ0v) is 12.6. The van der Waals surface area contributed by atoms with E-state index in [1.165, 1.54) is 11.8 Å². The Morgan fingerprint density at radius 3 is 2.47 bits per heavy atom. The number of nitrogen functional groups attached to an aromatic ring is 1. The fourth-order valence-electron chi connectivity index (χ4n) is 1.95. The lowest BCUT2D eigenvalue weighted by Gasteiger charge is -2.04. The molecule has 0 aliphatic carbocycles. The summed E-state index contributed by atoms with van der Waals surface area (Å²) in [6, 6.07) is 1.96. The van der Waals surface area contributed by atoms with Gasteiger partial charge in [-0.1, -0.05) is 13.3 Å². The second kappa shape index (κ2) is 5.61. The first kappa shape index (κ1) is 13.9. The Kier molecular flexibility index (Phi) is 4.09. The maximum absolute atomic E-state index is 6.15. The number of nitrogens with two attached hydrogens (primary N) is 1. The molecule has 19 heavy (non-hydrogen) atoms. The second-order valence-electron chi connectivity index (χ2n) is 4.57. The van der Waals surface area contributed by atoms with E-state index in [9.17, 15) is 0 Å². The van der Waals surface area contributed by atoms with Gasteiger partial charge in [0, 0.05) is 18.4 Å². The summed E-state index contributed by atoms with van der Waals surface area (Å²) in [6.07, 6.45) is 1.93. The van der Waals surface area contributed by atoms with Crippen molar-refractivity contribution in [1.82, 2.24) is 19.7 Å². The van der Waals surface area contributed by atoms with Gasteiger partial charge >= 0.3 is 0 Å². The van der Waals surface area contributed by atoms with E-state index in [2.05, 4.69) is 22.0 Å². The van der Waals surface area contributed by atoms with Gasteiger partial charge in [-0.3, -0.25) is 4.68 Å². The van der Waals surface area contributed by atoms with E-state index in [0.29, 0.717) is 0 Å². The van der Waals surface area contributed by atoms with Crippen LogP contribution >= 0.6 is 11.8 Å². The van der Waals surface area contributed by atoms with Crippen molar-refractivity contribution >= 4 is 17.4 Å². The molecule has 102 valence electrons. The van der Waals surface area contributed by atoms with Crippen molar-refractivity contribution in [2.45, 2.75) is 43.8 Å². The number of nitrogens with zero attached hydrogens (tertiary/aromatic N) is 4. The fourth-order valence-corrected chi connectivity index (χ4v) is 2.90. The summed E-state index contributed by atoms with van der Waals surface area (Å²) < 4.78 is 1.81. The van der Waals surface area contributed by atoms with Gasteiger partial charge in [0.2, 0.25) is 0 Å². The van der Waals surface area contributed by atoms with E-state index in [0.717, 1.165) is 45.8 Å². The monoisotopic (exact) mass is 277 g/mol. The Morgan fingerprint density at radius 1 is 1.26 bits per heavy atom. The maximum Gasteiger partial charge on any atom is 0.194 e. The van der Waals surface area contributed by atoms with Crippen LogP contribution in [0.2, 0.25) is 0 Å². The molecule has 0 fully saturated rings. The Bertz CT molecular complexity index is 571. The lowest BCUT2D eigenvalue weighted by atomic mass is 10.2. The Labute approximate surface area is 117 Å². The van der Waals surface area contributed by atoms with E-state index in [4.69, 9.17) is 5.73 Å². The summed E-state index contributed by atoms with van der Waals surface area (Å²) in [5, 5.41) is 6.08. The third-order valence-electron chi connectivity index (χ3n) is 2.74. The minimum absolute atomic E-state index is 0.718. The van der Waals surface area contributed by atoms with E-state index in [1.807, 2.05) is 31.6 Å². The van der Waals surface area contributed by atoms with Crippen molar-refractivity contribution < 1.29 is 0 Å². The Hall–Kier alpha value is -1.56. The molecular formula is C13H19N5S. The lowest BCUT2D eigenvalue weighted by molar-refractivity contribution is 0.680. The number of rotatable bonds is 4. The molecule has 0 aliphatic rings. The van der Waals surface area contributed by atoms with Crippen LogP contribution in [-0.2, 0) is 13.5 Å². The predicted octanol–water partition coefficient (Wildman–Crippen LogP) is 2.51. The molecule has 0 saturated carbocycles. The largest absolute Gasteiger partial charge is 0.395 e. The molecule has 0 bridgehead atoms. The van der Waals surface area contributed by atoms with Crippen molar-refractivity contribution in [1.29, 1.82) is 0 Å². The van der Waals surface area contributed by atoms with Crippen LogP contribution in [0.4, 0.5) is 5.69 Å². The number of hydrogen-bond donors (Lipinski definition) is 1. The molecule has 2 aromatic rings. The second-order valence-corrected chi connectivity index (χ2v) is 5.53. The van der Waals surface area contributed by atoms with Crippen molar-refractivity contribution in [3.63, 3.8) is 0 Å². The summed E-state index contributed by atoms with van der Waals surface area (Å²) in [5.74, 6) is 0. The summed E-state index contributed by atoms with van der Waals surface area (Å²) in [6.45, 7) is 6.05. The first-order valence-electron chi connectivity index (χ1n) is 6.32. The van der Waals surface area contributed by atoms with E-state index in [-0.39, 0.29) is 0 Å². The molecule has 0 unspecified atom stereocenters. The number of aryl methyl sites for hydroxylation is 4. The molecular weight excluding hydrogens is 258 g/mol. The minimum atomic E-state index is 0.718. The molecule has 2 heterocycles. The van der Waals surface area contributed by atoms with Crippen molar-refractivity contribution in [3.05, 3.63) is 23.1 Å². The van der Waals surface area contributed by atoms with Gasteiger partial charge in [0.25, 0.3) is 0 Å². The quantitative estimate of drug-likeness (QED) is 0.870. The average Bonchev–Trinajstić information content (AvgIpc) is 2.56. The molecule has 0 spiro atoms. The van der Waals surface area contributed by atoms with Gasteiger partial charge in [-0.15, -0.1) is 0 Å². The zero-order chi connectivity index (χ0) is 14.0. The minimum Gasteiger partial charge on any atom is -0.395 e.